The van der Waals surface area contributed by atoms with Crippen molar-refractivity contribution < 1.29 is 0 Å². The first kappa shape index (κ1) is 16.0. The van der Waals surface area contributed by atoms with Gasteiger partial charge in [0.05, 0.1) is 0 Å². The number of rotatable bonds is 5. The second kappa shape index (κ2) is 8.16. The highest BCUT2D eigenvalue weighted by atomic mass is 79.9. The average molecular weight is 339 g/mol. The van der Waals surface area contributed by atoms with Crippen LogP contribution in [0.3, 0.4) is 0 Å². The summed E-state index contributed by atoms with van der Waals surface area (Å²) < 4.78 is 1.17. The van der Waals surface area contributed by atoms with Crippen molar-refractivity contribution in [3.8, 4) is 0 Å². The molecule has 1 aliphatic heterocycles. The predicted octanol–water partition coefficient (Wildman–Crippen LogP) is 4.36. The van der Waals surface area contributed by atoms with Gasteiger partial charge in [0.1, 0.15) is 0 Å². The van der Waals surface area contributed by atoms with Crippen LogP contribution in [0.2, 0.25) is 0 Å². The van der Waals surface area contributed by atoms with E-state index < -0.39 is 0 Å². The Morgan fingerprint density at radius 3 is 2.95 bits per heavy atom. The van der Waals surface area contributed by atoms with Crippen molar-refractivity contribution in [1.82, 2.24) is 10.2 Å². The largest absolute Gasteiger partial charge is 0.307 e. The number of nitrogens with one attached hydrogen (secondary N) is 1. The van der Waals surface area contributed by atoms with Gasteiger partial charge in [-0.25, -0.2) is 0 Å². The van der Waals surface area contributed by atoms with Crippen molar-refractivity contribution >= 4 is 15.9 Å². The highest BCUT2D eigenvalue weighted by molar-refractivity contribution is 9.10. The summed E-state index contributed by atoms with van der Waals surface area (Å²) in [6.45, 7) is 8.33. The lowest BCUT2D eigenvalue weighted by atomic mass is 10.0. The molecular weight excluding hydrogens is 312 g/mol. The molecule has 2 nitrogen and oxygen atoms in total. The second-order valence-corrected chi connectivity index (χ2v) is 6.83. The van der Waals surface area contributed by atoms with Crippen molar-refractivity contribution in [3.63, 3.8) is 0 Å². The maximum Gasteiger partial charge on any atom is 0.0294 e. The molecule has 1 saturated heterocycles. The highest BCUT2D eigenvalue weighted by Gasteiger charge is 2.18. The van der Waals surface area contributed by atoms with Gasteiger partial charge in [0.2, 0.25) is 0 Å². The zero-order valence-corrected chi connectivity index (χ0v) is 14.3. The number of hydrogen-bond donors (Lipinski definition) is 1. The minimum absolute atomic E-state index is 0.426. The molecule has 0 saturated carbocycles. The molecule has 2 atom stereocenters. The molecule has 2 unspecified atom stereocenters. The fraction of sp³-hybridized carbons (Fsp3) is 0.647. The third-order valence-corrected chi connectivity index (χ3v) is 4.69. The lowest BCUT2D eigenvalue weighted by molar-refractivity contribution is 0.281. The summed E-state index contributed by atoms with van der Waals surface area (Å²) in [5.41, 5.74) is 1.37. The van der Waals surface area contributed by atoms with E-state index in [9.17, 15) is 0 Å². The summed E-state index contributed by atoms with van der Waals surface area (Å²) in [5.74, 6) is 0. The maximum atomic E-state index is 3.82. The molecule has 0 amide bonds. The van der Waals surface area contributed by atoms with E-state index in [1.165, 1.54) is 55.4 Å². The van der Waals surface area contributed by atoms with Gasteiger partial charge in [0.25, 0.3) is 0 Å². The van der Waals surface area contributed by atoms with Gasteiger partial charge in [0.15, 0.2) is 0 Å². The fourth-order valence-electron chi connectivity index (χ4n) is 3.09. The summed E-state index contributed by atoms with van der Waals surface area (Å²) in [5, 5.41) is 3.82. The Morgan fingerprint density at radius 2 is 2.20 bits per heavy atom. The molecule has 1 aromatic rings. The van der Waals surface area contributed by atoms with Gasteiger partial charge in [0, 0.05) is 16.6 Å². The van der Waals surface area contributed by atoms with Gasteiger partial charge in [-0.15, -0.1) is 0 Å². The SMILES string of the molecule is CCCN1CCCC(NC(C)c2cccc(Br)c2)CC1. The Morgan fingerprint density at radius 1 is 1.35 bits per heavy atom. The van der Waals surface area contributed by atoms with Crippen LogP contribution in [0.15, 0.2) is 28.7 Å². The first-order valence-electron chi connectivity index (χ1n) is 7.93. The molecule has 112 valence electrons. The summed E-state index contributed by atoms with van der Waals surface area (Å²) >= 11 is 3.56. The fourth-order valence-corrected chi connectivity index (χ4v) is 3.51. The Kier molecular flexibility index (Phi) is 6.53. The first-order chi connectivity index (χ1) is 9.69. The molecule has 3 heteroatoms. The third kappa shape index (κ3) is 4.87. The predicted molar refractivity (Wildman–Crippen MR) is 90.1 cm³/mol. The van der Waals surface area contributed by atoms with Crippen LogP contribution < -0.4 is 5.32 Å². The molecular formula is C17H27BrN2. The van der Waals surface area contributed by atoms with E-state index in [4.69, 9.17) is 0 Å². The van der Waals surface area contributed by atoms with Crippen molar-refractivity contribution in [1.29, 1.82) is 0 Å². The molecule has 0 spiro atoms. The van der Waals surface area contributed by atoms with Gasteiger partial charge >= 0.3 is 0 Å². The van der Waals surface area contributed by atoms with E-state index in [0.29, 0.717) is 12.1 Å². The molecule has 1 fully saturated rings. The van der Waals surface area contributed by atoms with Crippen LogP contribution in [-0.4, -0.2) is 30.6 Å². The van der Waals surface area contributed by atoms with E-state index in [0.717, 1.165) is 0 Å². The van der Waals surface area contributed by atoms with Gasteiger partial charge < -0.3 is 10.2 Å². The molecule has 0 aliphatic carbocycles. The Bertz CT molecular complexity index is 408. The highest BCUT2D eigenvalue weighted by Crippen LogP contribution is 2.20. The Hall–Kier alpha value is -0.380. The monoisotopic (exact) mass is 338 g/mol. The van der Waals surface area contributed by atoms with Crippen LogP contribution in [0.5, 0.6) is 0 Å². The van der Waals surface area contributed by atoms with Crippen LogP contribution in [0.1, 0.15) is 51.1 Å². The Labute approximate surface area is 132 Å². The van der Waals surface area contributed by atoms with Crippen molar-refractivity contribution in [2.75, 3.05) is 19.6 Å². The Balaban J connectivity index is 1.86. The quantitative estimate of drug-likeness (QED) is 0.857. The number of hydrogen-bond acceptors (Lipinski definition) is 2. The van der Waals surface area contributed by atoms with Crippen LogP contribution in [0.4, 0.5) is 0 Å². The van der Waals surface area contributed by atoms with Gasteiger partial charge in [-0.3, -0.25) is 0 Å². The minimum atomic E-state index is 0.426. The number of nitrogens with zero attached hydrogens (tertiary/aromatic N) is 1. The van der Waals surface area contributed by atoms with Crippen molar-refractivity contribution in [2.24, 2.45) is 0 Å². The van der Waals surface area contributed by atoms with E-state index in [1.54, 1.807) is 0 Å². The first-order valence-corrected chi connectivity index (χ1v) is 8.72. The lowest BCUT2D eigenvalue weighted by Crippen LogP contribution is -2.33. The summed E-state index contributed by atoms with van der Waals surface area (Å²) in [6, 6.07) is 9.72. The smallest absolute Gasteiger partial charge is 0.0294 e. The van der Waals surface area contributed by atoms with E-state index >= 15 is 0 Å². The van der Waals surface area contributed by atoms with Crippen LogP contribution in [-0.2, 0) is 0 Å². The zero-order valence-electron chi connectivity index (χ0n) is 12.7. The van der Waals surface area contributed by atoms with Gasteiger partial charge in [-0.1, -0.05) is 35.0 Å². The molecule has 1 aromatic carbocycles. The zero-order chi connectivity index (χ0) is 14.4. The maximum absolute atomic E-state index is 3.82. The van der Waals surface area contributed by atoms with Crippen LogP contribution >= 0.6 is 15.9 Å². The number of benzene rings is 1. The summed E-state index contributed by atoms with van der Waals surface area (Å²) in [4.78, 5) is 2.62. The standard InChI is InChI=1S/C17H27BrN2/c1-3-10-20-11-5-8-17(9-12-20)19-14(2)15-6-4-7-16(18)13-15/h4,6-7,13-14,17,19H,3,5,8-12H2,1-2H3. The molecule has 1 aliphatic rings. The molecule has 2 rings (SSSR count). The van der Waals surface area contributed by atoms with E-state index in [-0.39, 0.29) is 0 Å². The van der Waals surface area contributed by atoms with E-state index in [1.807, 2.05) is 0 Å². The topological polar surface area (TPSA) is 15.3 Å². The van der Waals surface area contributed by atoms with Crippen LogP contribution in [0, 0.1) is 0 Å². The summed E-state index contributed by atoms with van der Waals surface area (Å²) in [7, 11) is 0. The molecule has 1 N–H and O–H groups in total. The third-order valence-electron chi connectivity index (χ3n) is 4.19. The second-order valence-electron chi connectivity index (χ2n) is 5.91. The number of likely N-dealkylation sites (tertiary alicyclic amines) is 1. The van der Waals surface area contributed by atoms with Crippen molar-refractivity contribution in [2.45, 2.75) is 51.6 Å². The van der Waals surface area contributed by atoms with E-state index in [2.05, 4.69) is 64.3 Å². The van der Waals surface area contributed by atoms with Crippen molar-refractivity contribution in [3.05, 3.63) is 34.3 Å². The molecule has 0 aromatic heterocycles. The van der Waals surface area contributed by atoms with Gasteiger partial charge in [-0.2, -0.15) is 0 Å². The lowest BCUT2D eigenvalue weighted by Gasteiger charge is -2.23. The molecule has 0 radical (unpaired) electrons. The normalized spacial score (nSPS) is 22.4. The molecule has 0 bridgehead atoms. The average Bonchev–Trinajstić information content (AvgIpc) is 2.65. The van der Waals surface area contributed by atoms with Crippen LogP contribution in [0.25, 0.3) is 0 Å². The summed E-state index contributed by atoms with van der Waals surface area (Å²) in [6.07, 6.45) is 5.17. The van der Waals surface area contributed by atoms with Gasteiger partial charge in [-0.05, 0) is 69.9 Å². The molecule has 1 heterocycles. The number of halogens is 1. The molecule has 20 heavy (non-hydrogen) atoms. The minimum Gasteiger partial charge on any atom is -0.307 e.